The van der Waals surface area contributed by atoms with Crippen molar-refractivity contribution in [1.82, 2.24) is 10.2 Å². The Morgan fingerprint density at radius 1 is 0.822 bits per heavy atom. The number of sulfonamides is 1. The predicted octanol–water partition coefficient (Wildman–Crippen LogP) is 5.82. The molecule has 0 fully saturated rings. The Labute approximate surface area is 259 Å². The quantitative estimate of drug-likeness (QED) is 0.198. The van der Waals surface area contributed by atoms with Gasteiger partial charge in [-0.1, -0.05) is 66.7 Å². The number of nitrogens with one attached hydrogen (secondary N) is 1. The van der Waals surface area contributed by atoms with Crippen LogP contribution in [0.5, 0.6) is 0 Å². The van der Waals surface area contributed by atoms with E-state index in [1.807, 2.05) is 0 Å². The van der Waals surface area contributed by atoms with Gasteiger partial charge in [-0.05, 0) is 60.5 Å². The molecule has 0 bridgehead atoms. The van der Waals surface area contributed by atoms with E-state index in [-0.39, 0.29) is 30.1 Å². The summed E-state index contributed by atoms with van der Waals surface area (Å²) < 4.78 is 83.1. The summed E-state index contributed by atoms with van der Waals surface area (Å²) in [4.78, 5) is 28.6. The van der Waals surface area contributed by atoms with Crippen molar-refractivity contribution in [3.63, 3.8) is 0 Å². The fraction of sp³-hybridized carbons (Fsp3) is 0.212. The summed E-state index contributed by atoms with van der Waals surface area (Å²) in [5.41, 5.74) is -0.338. The molecule has 0 spiro atoms. The van der Waals surface area contributed by atoms with Gasteiger partial charge in [-0.25, -0.2) is 12.8 Å². The first-order chi connectivity index (χ1) is 21.4. The van der Waals surface area contributed by atoms with E-state index in [2.05, 4.69) is 5.32 Å². The molecule has 1 atom stereocenters. The van der Waals surface area contributed by atoms with Crippen LogP contribution in [0.2, 0.25) is 0 Å². The Balaban J connectivity index is 1.82. The molecule has 0 aromatic heterocycles. The summed E-state index contributed by atoms with van der Waals surface area (Å²) in [6.07, 6.45) is -4.73. The average Bonchev–Trinajstić information content (AvgIpc) is 3.03. The summed E-state index contributed by atoms with van der Waals surface area (Å²) in [7, 11) is -4.57. The minimum atomic E-state index is -4.78. The van der Waals surface area contributed by atoms with Crippen molar-refractivity contribution in [2.75, 3.05) is 17.4 Å². The number of anilines is 1. The van der Waals surface area contributed by atoms with Crippen LogP contribution >= 0.6 is 0 Å². The molecule has 2 amide bonds. The molecule has 4 aromatic carbocycles. The first-order valence-corrected chi connectivity index (χ1v) is 15.4. The Morgan fingerprint density at radius 2 is 1.44 bits per heavy atom. The van der Waals surface area contributed by atoms with E-state index >= 15 is 0 Å². The number of hydrogen-bond acceptors (Lipinski definition) is 4. The molecule has 0 saturated heterocycles. The lowest BCUT2D eigenvalue weighted by Gasteiger charge is -2.34. The molecule has 0 unspecified atom stereocenters. The van der Waals surface area contributed by atoms with Crippen LogP contribution in [-0.2, 0) is 38.8 Å². The van der Waals surface area contributed by atoms with E-state index in [9.17, 15) is 35.6 Å². The van der Waals surface area contributed by atoms with Crippen LogP contribution in [-0.4, -0.2) is 44.3 Å². The van der Waals surface area contributed by atoms with Gasteiger partial charge in [-0.3, -0.25) is 13.9 Å². The second kappa shape index (κ2) is 14.4. The van der Waals surface area contributed by atoms with E-state index < -0.39 is 52.0 Å². The van der Waals surface area contributed by atoms with Gasteiger partial charge < -0.3 is 10.2 Å². The van der Waals surface area contributed by atoms with E-state index in [1.165, 1.54) is 59.5 Å². The number of carbonyl (C=O) groups excluding carboxylic acids is 2. The lowest BCUT2D eigenvalue weighted by atomic mass is 10.0. The van der Waals surface area contributed by atoms with Crippen LogP contribution in [0.15, 0.2) is 114 Å². The number of hydrogen-bond donors (Lipinski definition) is 1. The lowest BCUT2D eigenvalue weighted by Crippen LogP contribution is -2.53. The zero-order valence-corrected chi connectivity index (χ0v) is 25.1. The highest BCUT2D eigenvalue weighted by Crippen LogP contribution is 2.33. The standard InChI is InChI=1S/C33H31F4N3O4S/c1-2-38-32(42)30(20-24-10-5-3-6-11-24)39(22-25-16-18-27(34)19-17-25)31(41)23-40(45(43,44)29-14-7-4-8-15-29)28-13-9-12-26(21-28)33(35,36)37/h3-19,21,30H,2,20,22-23H2,1H3,(H,38,42)/t30-/m1/s1. The van der Waals surface area contributed by atoms with Crippen molar-refractivity contribution in [1.29, 1.82) is 0 Å². The van der Waals surface area contributed by atoms with Crippen molar-refractivity contribution >= 4 is 27.5 Å². The van der Waals surface area contributed by atoms with Crippen LogP contribution in [0.1, 0.15) is 23.6 Å². The number of alkyl halides is 3. The maximum atomic E-state index is 14.2. The second-order valence-corrected chi connectivity index (χ2v) is 12.0. The van der Waals surface area contributed by atoms with E-state index in [1.54, 1.807) is 43.3 Å². The summed E-state index contributed by atoms with van der Waals surface area (Å²) >= 11 is 0. The minimum absolute atomic E-state index is 0.0502. The molecule has 7 nitrogen and oxygen atoms in total. The Kier molecular flexibility index (Phi) is 10.6. The molecule has 0 aliphatic rings. The Bertz CT molecular complexity index is 1700. The molecule has 45 heavy (non-hydrogen) atoms. The predicted molar refractivity (Wildman–Crippen MR) is 162 cm³/mol. The molecular formula is C33H31F4N3O4S. The van der Waals surface area contributed by atoms with Crippen molar-refractivity contribution in [3.05, 3.63) is 132 Å². The van der Waals surface area contributed by atoms with Gasteiger partial charge in [0.1, 0.15) is 18.4 Å². The number of carbonyl (C=O) groups is 2. The van der Waals surface area contributed by atoms with Crippen molar-refractivity contribution in [2.24, 2.45) is 0 Å². The third-order valence-electron chi connectivity index (χ3n) is 6.96. The number of halogens is 4. The lowest BCUT2D eigenvalue weighted by molar-refractivity contribution is -0.140. The number of rotatable bonds is 12. The second-order valence-electron chi connectivity index (χ2n) is 10.1. The van der Waals surface area contributed by atoms with Gasteiger partial charge in [0.15, 0.2) is 0 Å². The Morgan fingerprint density at radius 3 is 2.04 bits per heavy atom. The zero-order valence-electron chi connectivity index (χ0n) is 24.2. The zero-order chi connectivity index (χ0) is 32.6. The van der Waals surface area contributed by atoms with Gasteiger partial charge in [0, 0.05) is 19.5 Å². The third-order valence-corrected chi connectivity index (χ3v) is 8.75. The molecule has 0 saturated carbocycles. The van der Waals surface area contributed by atoms with E-state index in [0.717, 1.165) is 12.1 Å². The first-order valence-electron chi connectivity index (χ1n) is 14.0. The SMILES string of the molecule is CCNC(=O)[C@@H](Cc1ccccc1)N(Cc1ccc(F)cc1)C(=O)CN(c1cccc(C(F)(F)F)c1)S(=O)(=O)c1ccccc1. The van der Waals surface area contributed by atoms with Gasteiger partial charge in [-0.15, -0.1) is 0 Å². The highest BCUT2D eigenvalue weighted by molar-refractivity contribution is 7.92. The molecule has 1 N–H and O–H groups in total. The van der Waals surface area contributed by atoms with Gasteiger partial charge >= 0.3 is 6.18 Å². The van der Waals surface area contributed by atoms with Crippen molar-refractivity contribution < 1.29 is 35.6 Å². The molecule has 0 aliphatic carbocycles. The highest BCUT2D eigenvalue weighted by atomic mass is 32.2. The third kappa shape index (κ3) is 8.48. The maximum absolute atomic E-state index is 14.2. The Hall–Kier alpha value is -4.71. The van der Waals surface area contributed by atoms with Crippen LogP contribution in [0.3, 0.4) is 0 Å². The monoisotopic (exact) mass is 641 g/mol. The number of amides is 2. The highest BCUT2D eigenvalue weighted by Gasteiger charge is 2.36. The fourth-order valence-corrected chi connectivity index (χ4v) is 6.15. The molecule has 236 valence electrons. The van der Waals surface area contributed by atoms with Crippen LogP contribution in [0.25, 0.3) is 0 Å². The van der Waals surface area contributed by atoms with Crippen molar-refractivity contribution in [3.8, 4) is 0 Å². The average molecular weight is 642 g/mol. The molecular weight excluding hydrogens is 610 g/mol. The molecule has 0 heterocycles. The van der Waals surface area contributed by atoms with Gasteiger partial charge in [-0.2, -0.15) is 13.2 Å². The van der Waals surface area contributed by atoms with Crippen LogP contribution in [0, 0.1) is 5.82 Å². The maximum Gasteiger partial charge on any atom is 0.416 e. The number of benzene rings is 4. The molecule has 4 rings (SSSR count). The molecule has 4 aromatic rings. The van der Waals surface area contributed by atoms with Crippen LogP contribution < -0.4 is 9.62 Å². The summed E-state index contributed by atoms with van der Waals surface area (Å²) in [5.74, 6) is -1.90. The first kappa shape index (κ1) is 33.2. The van der Waals surface area contributed by atoms with E-state index in [0.29, 0.717) is 21.5 Å². The topological polar surface area (TPSA) is 86.8 Å². The van der Waals surface area contributed by atoms with Crippen molar-refractivity contribution in [2.45, 2.75) is 37.0 Å². The number of nitrogens with zero attached hydrogens (tertiary/aromatic N) is 2. The normalized spacial score (nSPS) is 12.3. The summed E-state index contributed by atoms with van der Waals surface area (Å²) in [5, 5.41) is 2.71. The summed E-state index contributed by atoms with van der Waals surface area (Å²) in [6, 6.07) is 23.6. The largest absolute Gasteiger partial charge is 0.416 e. The van der Waals surface area contributed by atoms with Crippen LogP contribution in [0.4, 0.5) is 23.2 Å². The van der Waals surface area contributed by atoms with E-state index in [4.69, 9.17) is 0 Å². The summed E-state index contributed by atoms with van der Waals surface area (Å²) in [6.45, 7) is 0.798. The fourth-order valence-electron chi connectivity index (χ4n) is 4.72. The van der Waals surface area contributed by atoms with Gasteiger partial charge in [0.2, 0.25) is 11.8 Å². The minimum Gasteiger partial charge on any atom is -0.355 e. The van der Waals surface area contributed by atoms with Gasteiger partial charge in [0.25, 0.3) is 10.0 Å². The smallest absolute Gasteiger partial charge is 0.355 e. The molecule has 12 heteroatoms. The molecule has 0 aliphatic heterocycles. The van der Waals surface area contributed by atoms with Gasteiger partial charge in [0.05, 0.1) is 16.1 Å². The molecule has 0 radical (unpaired) electrons. The number of likely N-dealkylation sites (N-methyl/N-ethyl adjacent to an activating group) is 1.